The number of methoxy groups -OCH3 is 1. The van der Waals surface area contributed by atoms with Crippen LogP contribution in [0.25, 0.3) is 22.6 Å². The second-order valence-corrected chi connectivity index (χ2v) is 10.1. The molecule has 0 aliphatic carbocycles. The molecule has 39 heavy (non-hydrogen) atoms. The number of fused-ring (bicyclic) bond motifs is 1. The molecule has 6 rings (SSSR count). The van der Waals surface area contributed by atoms with E-state index in [0.717, 1.165) is 20.9 Å². The van der Waals surface area contributed by atoms with Crippen molar-refractivity contribution in [2.45, 2.75) is 19.0 Å². The van der Waals surface area contributed by atoms with E-state index in [1.54, 1.807) is 55.6 Å². The van der Waals surface area contributed by atoms with E-state index in [0.29, 0.717) is 28.5 Å². The number of aromatic nitrogens is 1. The first-order valence-electron chi connectivity index (χ1n) is 12.3. The number of para-hydroxylation sites is 2. The van der Waals surface area contributed by atoms with Gasteiger partial charge in [0, 0.05) is 16.0 Å². The fraction of sp³-hybridized carbons (Fsp3) is 0.133. The maximum atomic E-state index is 13.7. The highest BCUT2D eigenvalue weighted by molar-refractivity contribution is 7.09. The Kier molecular flexibility index (Phi) is 6.42. The molecule has 0 N–H and O–H groups in total. The van der Waals surface area contributed by atoms with Gasteiger partial charge in [0.15, 0.2) is 5.58 Å². The first-order chi connectivity index (χ1) is 19.0. The summed E-state index contributed by atoms with van der Waals surface area (Å²) in [5, 5.41) is 1.91. The number of benzene rings is 3. The van der Waals surface area contributed by atoms with Crippen LogP contribution in [0.2, 0.25) is 0 Å². The van der Waals surface area contributed by atoms with Crippen LogP contribution < -0.4 is 9.64 Å². The maximum absolute atomic E-state index is 13.7. The van der Waals surface area contributed by atoms with Crippen LogP contribution in [0.4, 0.5) is 5.69 Å². The summed E-state index contributed by atoms with van der Waals surface area (Å²) in [7, 11) is 1.55. The molecule has 3 amide bonds. The minimum Gasteiger partial charge on any atom is -0.497 e. The summed E-state index contributed by atoms with van der Waals surface area (Å²) < 4.78 is 11.0. The standard InChI is InChI=1S/C30H23N3O5S/c1-37-22-14-10-20(11-15-22)29(35)32(18-23-5-4-16-39-23)25-17-27(34)33(30(25)36)21-12-8-19(9-13-21)28-31-24-6-2-3-7-26(24)38-28/h2-16,25H,17-18H2,1H3. The van der Waals surface area contributed by atoms with Crippen molar-refractivity contribution in [1.82, 2.24) is 9.88 Å². The molecule has 0 bridgehead atoms. The van der Waals surface area contributed by atoms with Crippen LogP contribution in [0.3, 0.4) is 0 Å². The van der Waals surface area contributed by atoms with Crippen LogP contribution in [0.1, 0.15) is 21.7 Å². The monoisotopic (exact) mass is 537 g/mol. The molecule has 3 aromatic carbocycles. The predicted molar refractivity (Wildman–Crippen MR) is 148 cm³/mol. The van der Waals surface area contributed by atoms with Gasteiger partial charge in [-0.05, 0) is 72.1 Å². The largest absolute Gasteiger partial charge is 0.497 e. The molecule has 9 heteroatoms. The molecular formula is C30H23N3O5S. The molecule has 0 radical (unpaired) electrons. The van der Waals surface area contributed by atoms with Crippen LogP contribution in [0.5, 0.6) is 5.75 Å². The van der Waals surface area contributed by atoms with Crippen molar-refractivity contribution >= 4 is 45.8 Å². The number of anilines is 1. The van der Waals surface area contributed by atoms with E-state index < -0.39 is 11.9 Å². The van der Waals surface area contributed by atoms with Crippen LogP contribution >= 0.6 is 11.3 Å². The highest BCUT2D eigenvalue weighted by Crippen LogP contribution is 2.31. The fourth-order valence-electron chi connectivity index (χ4n) is 4.67. The van der Waals surface area contributed by atoms with E-state index in [1.807, 2.05) is 41.8 Å². The SMILES string of the molecule is COc1ccc(C(=O)N(Cc2cccs2)C2CC(=O)N(c3ccc(-c4nc5ccccc5o4)cc3)C2=O)cc1. The molecule has 5 aromatic rings. The molecule has 2 aromatic heterocycles. The fourth-order valence-corrected chi connectivity index (χ4v) is 5.38. The van der Waals surface area contributed by atoms with Gasteiger partial charge in [0.25, 0.3) is 11.8 Å². The Morgan fingerprint density at radius 1 is 1.03 bits per heavy atom. The van der Waals surface area contributed by atoms with E-state index in [9.17, 15) is 14.4 Å². The van der Waals surface area contributed by atoms with E-state index >= 15 is 0 Å². The number of imide groups is 1. The first-order valence-corrected chi connectivity index (χ1v) is 13.2. The number of rotatable bonds is 7. The Morgan fingerprint density at radius 2 is 1.79 bits per heavy atom. The Balaban J connectivity index is 1.27. The summed E-state index contributed by atoms with van der Waals surface area (Å²) >= 11 is 1.49. The van der Waals surface area contributed by atoms with Gasteiger partial charge >= 0.3 is 0 Å². The third-order valence-electron chi connectivity index (χ3n) is 6.67. The number of carbonyl (C=O) groups is 3. The van der Waals surface area contributed by atoms with Crippen molar-refractivity contribution in [3.05, 3.63) is 101 Å². The van der Waals surface area contributed by atoms with E-state index in [-0.39, 0.29) is 24.8 Å². The molecule has 1 atom stereocenters. The van der Waals surface area contributed by atoms with Gasteiger partial charge in [0.1, 0.15) is 17.3 Å². The second kappa shape index (κ2) is 10.2. The highest BCUT2D eigenvalue weighted by Gasteiger charge is 2.44. The van der Waals surface area contributed by atoms with Crippen LogP contribution in [0.15, 0.2) is 94.7 Å². The first kappa shape index (κ1) is 24.6. The lowest BCUT2D eigenvalue weighted by atomic mass is 10.1. The lowest BCUT2D eigenvalue weighted by Crippen LogP contribution is -2.45. The van der Waals surface area contributed by atoms with Gasteiger partial charge in [0.05, 0.1) is 25.8 Å². The van der Waals surface area contributed by atoms with Crippen molar-refractivity contribution < 1.29 is 23.5 Å². The lowest BCUT2D eigenvalue weighted by molar-refractivity contribution is -0.122. The smallest absolute Gasteiger partial charge is 0.257 e. The number of amides is 3. The van der Waals surface area contributed by atoms with E-state index in [1.165, 1.54) is 16.2 Å². The van der Waals surface area contributed by atoms with E-state index in [4.69, 9.17) is 9.15 Å². The van der Waals surface area contributed by atoms with Gasteiger partial charge in [-0.1, -0.05) is 18.2 Å². The Bertz CT molecular complexity index is 1630. The summed E-state index contributed by atoms with van der Waals surface area (Å²) in [6.07, 6.45) is -0.0982. The number of nitrogens with zero attached hydrogens (tertiary/aromatic N) is 3. The van der Waals surface area contributed by atoms with Crippen LogP contribution in [-0.2, 0) is 16.1 Å². The third-order valence-corrected chi connectivity index (χ3v) is 7.53. The van der Waals surface area contributed by atoms with Gasteiger partial charge in [-0.2, -0.15) is 0 Å². The molecule has 194 valence electrons. The maximum Gasteiger partial charge on any atom is 0.257 e. The molecule has 1 aliphatic rings. The molecule has 1 unspecified atom stereocenters. The normalized spacial score (nSPS) is 15.2. The molecule has 1 fully saturated rings. The molecular weight excluding hydrogens is 514 g/mol. The van der Waals surface area contributed by atoms with Gasteiger partial charge in [-0.25, -0.2) is 9.88 Å². The number of thiophene rings is 1. The molecule has 8 nitrogen and oxygen atoms in total. The van der Waals surface area contributed by atoms with Crippen molar-refractivity contribution in [3.63, 3.8) is 0 Å². The van der Waals surface area contributed by atoms with Crippen LogP contribution in [-0.4, -0.2) is 40.8 Å². The molecule has 3 heterocycles. The van der Waals surface area contributed by atoms with Crippen molar-refractivity contribution in [1.29, 1.82) is 0 Å². The number of hydrogen-bond acceptors (Lipinski definition) is 7. The number of ether oxygens (including phenoxy) is 1. The lowest BCUT2D eigenvalue weighted by Gasteiger charge is -2.27. The highest BCUT2D eigenvalue weighted by atomic mass is 32.1. The Hall–Kier alpha value is -4.76. The number of oxazole rings is 1. The average Bonchev–Trinajstić information content (AvgIpc) is 3.71. The molecule has 1 aliphatic heterocycles. The van der Waals surface area contributed by atoms with Crippen molar-refractivity contribution in [2.75, 3.05) is 12.0 Å². The van der Waals surface area contributed by atoms with Gasteiger partial charge < -0.3 is 14.1 Å². The van der Waals surface area contributed by atoms with Crippen LogP contribution in [0, 0.1) is 0 Å². The molecule has 0 saturated carbocycles. The summed E-state index contributed by atoms with van der Waals surface area (Å²) in [6, 6.07) is 24.0. The van der Waals surface area contributed by atoms with E-state index in [2.05, 4.69) is 4.98 Å². The third kappa shape index (κ3) is 4.68. The Morgan fingerprint density at radius 3 is 2.49 bits per heavy atom. The minimum absolute atomic E-state index is 0.0982. The second-order valence-electron chi connectivity index (χ2n) is 9.06. The quantitative estimate of drug-likeness (QED) is 0.253. The zero-order chi connectivity index (χ0) is 26.9. The van der Waals surface area contributed by atoms with Crippen molar-refractivity contribution in [3.8, 4) is 17.2 Å². The summed E-state index contributed by atoms with van der Waals surface area (Å²) in [4.78, 5) is 48.5. The number of carbonyl (C=O) groups excluding carboxylic acids is 3. The number of hydrogen-bond donors (Lipinski definition) is 0. The van der Waals surface area contributed by atoms with Crippen molar-refractivity contribution in [2.24, 2.45) is 0 Å². The molecule has 1 saturated heterocycles. The Labute approximate surface area is 228 Å². The van der Waals surface area contributed by atoms with Gasteiger partial charge in [-0.3, -0.25) is 14.4 Å². The zero-order valence-electron chi connectivity index (χ0n) is 20.9. The summed E-state index contributed by atoms with van der Waals surface area (Å²) in [5.41, 5.74) is 2.99. The topological polar surface area (TPSA) is 92.9 Å². The molecule has 0 spiro atoms. The predicted octanol–water partition coefficient (Wildman–Crippen LogP) is 5.54. The zero-order valence-corrected chi connectivity index (χ0v) is 21.8. The average molecular weight is 538 g/mol. The minimum atomic E-state index is -0.925. The van der Waals surface area contributed by atoms with Gasteiger partial charge in [0.2, 0.25) is 11.8 Å². The summed E-state index contributed by atoms with van der Waals surface area (Å²) in [5.74, 6) is -0.0560. The summed E-state index contributed by atoms with van der Waals surface area (Å²) in [6.45, 7) is 0.219. The van der Waals surface area contributed by atoms with Gasteiger partial charge in [-0.15, -0.1) is 11.3 Å².